The molecule has 536 valence electrons. The lowest BCUT2D eigenvalue weighted by Crippen LogP contribution is -2.69. The minimum absolute atomic E-state index is 0.824. The normalized spacial score (nSPS) is 52.2. The van der Waals surface area contributed by atoms with Crippen molar-refractivity contribution < 1.29 is 204 Å². The van der Waals surface area contributed by atoms with E-state index in [1.165, 1.54) is 0 Å². The van der Waals surface area contributed by atoms with Gasteiger partial charge < -0.3 is 204 Å². The Kier molecular flexibility index (Phi) is 26.9. The number of aliphatic hydroxyl groups is 25. The van der Waals surface area contributed by atoms with Gasteiger partial charge in [0.1, 0.15) is 195 Å². The highest BCUT2D eigenvalue weighted by Gasteiger charge is 2.60. The molecule has 42 heteroatoms. The maximum absolute atomic E-state index is 12.2. The van der Waals surface area contributed by atoms with E-state index in [-0.39, 0.29) is 0 Å². The smallest absolute Gasteiger partial charge is 0.217 e. The molecule has 8 aliphatic heterocycles. The van der Waals surface area contributed by atoms with Gasteiger partial charge in [-0.15, -0.1) is 0 Å². The van der Waals surface area contributed by atoms with Gasteiger partial charge in [0.2, 0.25) is 5.91 Å². The van der Waals surface area contributed by atoms with Gasteiger partial charge in [-0.3, -0.25) is 4.79 Å². The van der Waals surface area contributed by atoms with Crippen molar-refractivity contribution in [1.29, 1.82) is 0 Å². The number of ether oxygens (including phenoxy) is 15. The molecule has 0 aromatic rings. The fourth-order valence-corrected chi connectivity index (χ4v) is 11.7. The van der Waals surface area contributed by atoms with Crippen LogP contribution in [0.5, 0.6) is 0 Å². The van der Waals surface area contributed by atoms with Gasteiger partial charge in [0, 0.05) is 6.92 Å². The molecule has 42 nitrogen and oxygen atoms in total. The molecule has 8 saturated heterocycles. The highest BCUT2D eigenvalue weighted by molar-refractivity contribution is 5.73. The number of amides is 1. The van der Waals surface area contributed by atoms with Gasteiger partial charge in [-0.25, -0.2) is 0 Å². The Balaban J connectivity index is 1.09. The molecule has 8 fully saturated rings. The number of carbonyl (C=O) groups excluding carboxylic acids is 1. The largest absolute Gasteiger partial charge is 0.394 e. The first-order valence-electron chi connectivity index (χ1n) is 29.2. The average Bonchev–Trinajstić information content (AvgIpc) is 0.785. The van der Waals surface area contributed by atoms with Crippen LogP contribution >= 0.6 is 0 Å². The van der Waals surface area contributed by atoms with Crippen LogP contribution in [0.3, 0.4) is 0 Å². The predicted octanol–water partition coefficient (Wildman–Crippen LogP) is -18.3. The minimum atomic E-state index is -2.45. The molecule has 0 aliphatic carbocycles. The van der Waals surface area contributed by atoms with Crippen LogP contribution in [0, 0.1) is 0 Å². The van der Waals surface area contributed by atoms with Gasteiger partial charge in [0.05, 0.1) is 52.9 Å². The zero-order valence-electron chi connectivity index (χ0n) is 48.5. The molecule has 0 spiro atoms. The van der Waals surface area contributed by atoms with Crippen LogP contribution in [-0.2, 0) is 75.8 Å². The summed E-state index contributed by atoms with van der Waals surface area (Å²) in [6.07, 6.45) is -81.0. The number of carbonyl (C=O) groups is 1. The monoisotopic (exact) mass is 1360 g/mol. The summed E-state index contributed by atoms with van der Waals surface area (Å²) in [6.45, 7) is -7.44. The van der Waals surface area contributed by atoms with Gasteiger partial charge in [-0.2, -0.15) is 0 Å². The first-order valence-corrected chi connectivity index (χ1v) is 29.2. The van der Waals surface area contributed by atoms with Gasteiger partial charge in [-0.1, -0.05) is 0 Å². The number of nitrogens with one attached hydrogen (secondary N) is 1. The topological polar surface area (TPSA) is 673 Å². The summed E-state index contributed by atoms with van der Waals surface area (Å²) in [6, 6.07) is -1.72. The van der Waals surface area contributed by atoms with Crippen LogP contribution in [0.4, 0.5) is 0 Å². The molecule has 26 N–H and O–H groups in total. The molecule has 8 rings (SSSR count). The highest BCUT2D eigenvalue weighted by Crippen LogP contribution is 2.39. The molecule has 0 saturated carbocycles. The SMILES string of the molecule is CC(=O)N[C@H]1[C@H](O)[C@@H](O[C@@H]2O[C@H](CO[C@H]3O[C@H](CO)[C@@H](O)[C@H](O[C@H]4O[C@H](CO)[C@@H](O)[C@@H](O)[C@@H]4O[C@H]4O[C@H](CO)[C@@H](O)[C@H](O)[C@@H]4O)[C@@H]3O)[C@@H](O)[C@H](O[C@@H]3O[C@@H](CO)[C@H](O)[C@@H](O)[C@H]3O[C@@H]3O[C@@H](CO)[C@H](O)[C@@H](O)[C@H]3O[C@@H]3O[C@@H](CO)[C@H](O)[C@@H](O)[C@H]3O)[C@@H]2O)[C@H](CO)O[C@@H]1O. The van der Waals surface area contributed by atoms with Crippen molar-refractivity contribution in [1.82, 2.24) is 5.32 Å². The van der Waals surface area contributed by atoms with Crippen molar-refractivity contribution in [3.8, 4) is 0 Å². The van der Waals surface area contributed by atoms with Crippen molar-refractivity contribution in [3.05, 3.63) is 0 Å². The van der Waals surface area contributed by atoms with Crippen molar-refractivity contribution in [2.75, 3.05) is 52.9 Å². The van der Waals surface area contributed by atoms with Crippen molar-refractivity contribution >= 4 is 5.91 Å². The minimum Gasteiger partial charge on any atom is -0.394 e. The van der Waals surface area contributed by atoms with Crippen LogP contribution in [0.1, 0.15) is 6.92 Å². The predicted molar refractivity (Wildman–Crippen MR) is 276 cm³/mol. The van der Waals surface area contributed by atoms with E-state index in [1.54, 1.807) is 0 Å². The van der Waals surface area contributed by atoms with E-state index >= 15 is 0 Å². The summed E-state index contributed by atoms with van der Waals surface area (Å²) in [5.41, 5.74) is 0. The molecule has 8 aliphatic rings. The fourth-order valence-electron chi connectivity index (χ4n) is 11.7. The lowest BCUT2D eigenvalue weighted by atomic mass is 9.94. The van der Waals surface area contributed by atoms with Crippen LogP contribution in [0.2, 0.25) is 0 Å². The lowest BCUT2D eigenvalue weighted by Gasteiger charge is -2.50. The Labute approximate surface area is 519 Å². The summed E-state index contributed by atoms with van der Waals surface area (Å²) >= 11 is 0. The molecule has 92 heavy (non-hydrogen) atoms. The Morgan fingerprint density at radius 1 is 0.283 bits per heavy atom. The van der Waals surface area contributed by atoms with Crippen LogP contribution < -0.4 is 5.32 Å². The molecule has 40 atom stereocenters. The third kappa shape index (κ3) is 15.8. The van der Waals surface area contributed by atoms with E-state index in [1.807, 2.05) is 0 Å². The molecular formula is C50H85NO41. The first-order chi connectivity index (χ1) is 43.6. The van der Waals surface area contributed by atoms with E-state index < -0.39 is 304 Å². The quantitative estimate of drug-likeness (QED) is 0.0452. The standard InChI is InChI=1S/C50H85NO41/c1-10(59)51-19-27(67)37(17(8-58)79-43(19)77)87-47-36(76)39(89-49-42(32(72)24(64)14(5-55)84-49)92-50-41(31(71)23(63)15(6-56)85-50)91-46-34(74)29(69)21(61)12(3-53)82-46)26(66)18(86-47)9-78-44-35(75)38(25(65)16(7-57)80-44)88-48-40(30(70)22(62)13(4-54)83-48)90-45-33(73)28(68)20(60)11(2-52)81-45/h11-50,52-58,60-77H,2-9H2,1H3,(H,51,59)/t11-,12+,13-,14+,15+,16-,17+,18-,19+,20-,21+,22-,23+,24+,25-,26-,27+,28+,29-,30-,31-,32-,33+,34-,35+,36+,37+,38+,39+,40+,41-,42-,43+,44+,45-,46+,47+,48-,49+,50+/m1/s1. The Bertz CT molecular complexity index is 2260. The summed E-state index contributed by atoms with van der Waals surface area (Å²) in [7, 11) is 0. The maximum Gasteiger partial charge on any atom is 0.217 e. The van der Waals surface area contributed by atoms with Gasteiger partial charge in [0.25, 0.3) is 0 Å². The average molecular weight is 1360 g/mol. The third-order valence-corrected chi connectivity index (χ3v) is 17.0. The number of rotatable bonds is 23. The number of aliphatic hydroxyl groups excluding tert-OH is 25. The van der Waals surface area contributed by atoms with E-state index in [4.69, 9.17) is 71.1 Å². The van der Waals surface area contributed by atoms with Crippen molar-refractivity contribution in [2.24, 2.45) is 0 Å². The molecule has 0 aromatic heterocycles. The number of hydrogen-bond acceptors (Lipinski definition) is 41. The Hall–Kier alpha value is -2.13. The van der Waals surface area contributed by atoms with E-state index in [9.17, 15) is 132 Å². The second-order valence-electron chi connectivity index (χ2n) is 23.1. The van der Waals surface area contributed by atoms with E-state index in [0.717, 1.165) is 6.92 Å². The van der Waals surface area contributed by atoms with Crippen LogP contribution in [-0.4, -0.2) is 432 Å². The van der Waals surface area contributed by atoms with Gasteiger partial charge in [0.15, 0.2) is 50.3 Å². The molecule has 0 aromatic carbocycles. The molecule has 0 radical (unpaired) electrons. The maximum atomic E-state index is 12.2. The molecule has 0 bridgehead atoms. The Morgan fingerprint density at radius 2 is 0.565 bits per heavy atom. The Morgan fingerprint density at radius 3 is 0.946 bits per heavy atom. The lowest BCUT2D eigenvalue weighted by molar-refractivity contribution is -0.407. The fraction of sp³-hybridized carbons (Fsp3) is 0.980. The van der Waals surface area contributed by atoms with Gasteiger partial charge >= 0.3 is 0 Å². The molecule has 0 unspecified atom stereocenters. The second kappa shape index (κ2) is 32.7. The van der Waals surface area contributed by atoms with E-state index in [0.29, 0.717) is 0 Å². The molecular weight excluding hydrogens is 1270 g/mol. The summed E-state index contributed by atoms with van der Waals surface area (Å²) < 4.78 is 86.2. The van der Waals surface area contributed by atoms with Crippen molar-refractivity contribution in [3.63, 3.8) is 0 Å². The highest BCUT2D eigenvalue weighted by atomic mass is 16.8. The summed E-state index contributed by atoms with van der Waals surface area (Å²) in [5, 5.41) is 274. The summed E-state index contributed by atoms with van der Waals surface area (Å²) in [4.78, 5) is 12.2. The van der Waals surface area contributed by atoms with Crippen LogP contribution in [0.15, 0.2) is 0 Å². The molecule has 1 amide bonds. The number of hydrogen-bond donors (Lipinski definition) is 26. The zero-order valence-corrected chi connectivity index (χ0v) is 48.5. The zero-order chi connectivity index (χ0) is 67.6. The second-order valence-corrected chi connectivity index (χ2v) is 23.1. The van der Waals surface area contributed by atoms with E-state index in [2.05, 4.69) is 5.32 Å². The first kappa shape index (κ1) is 75.6. The van der Waals surface area contributed by atoms with Crippen molar-refractivity contribution in [2.45, 2.75) is 253 Å². The third-order valence-electron chi connectivity index (χ3n) is 17.0. The van der Waals surface area contributed by atoms with Gasteiger partial charge in [-0.05, 0) is 0 Å². The molecule has 8 heterocycles. The summed E-state index contributed by atoms with van der Waals surface area (Å²) in [5.74, 6) is -0.824. The van der Waals surface area contributed by atoms with Crippen LogP contribution in [0.25, 0.3) is 0 Å².